The molecule has 0 radical (unpaired) electrons. The molecule has 2 N–H and O–H groups in total. The molecular formula is C10H14N2O3S. The Hall–Kier alpha value is -1.43. The van der Waals surface area contributed by atoms with E-state index in [0.29, 0.717) is 5.70 Å². The van der Waals surface area contributed by atoms with Crippen molar-refractivity contribution >= 4 is 29.2 Å². The van der Waals surface area contributed by atoms with E-state index >= 15 is 0 Å². The molecule has 1 amide bonds. The molecule has 0 aromatic carbocycles. The van der Waals surface area contributed by atoms with Crippen LogP contribution in [0.1, 0.15) is 20.3 Å². The van der Waals surface area contributed by atoms with Gasteiger partial charge in [0.25, 0.3) is 5.91 Å². The fourth-order valence-corrected chi connectivity index (χ4v) is 1.61. The second-order valence-electron chi connectivity index (χ2n) is 3.86. The number of amides is 1. The van der Waals surface area contributed by atoms with Crippen molar-refractivity contribution in [2.24, 2.45) is 5.92 Å². The molecule has 0 saturated carbocycles. The molecule has 88 valence electrons. The zero-order chi connectivity index (χ0) is 12.3. The molecule has 0 aromatic rings. The first-order valence-corrected chi connectivity index (χ1v) is 5.39. The summed E-state index contributed by atoms with van der Waals surface area (Å²) in [6.45, 7) is 4.01. The van der Waals surface area contributed by atoms with Gasteiger partial charge in [0.2, 0.25) is 0 Å². The molecule has 1 heterocycles. The van der Waals surface area contributed by atoms with Gasteiger partial charge in [-0.3, -0.25) is 14.5 Å². The predicted octanol–water partition coefficient (Wildman–Crippen LogP) is 0.718. The van der Waals surface area contributed by atoms with E-state index in [9.17, 15) is 9.59 Å². The van der Waals surface area contributed by atoms with Gasteiger partial charge in [0.15, 0.2) is 5.11 Å². The van der Waals surface area contributed by atoms with Crippen LogP contribution < -0.4 is 5.32 Å². The van der Waals surface area contributed by atoms with Gasteiger partial charge in [-0.15, -0.1) is 0 Å². The van der Waals surface area contributed by atoms with Crippen LogP contribution in [-0.4, -0.2) is 33.5 Å². The number of hydrogen-bond donors (Lipinski definition) is 2. The third-order valence-electron chi connectivity index (χ3n) is 2.01. The molecule has 1 aliphatic rings. The van der Waals surface area contributed by atoms with E-state index < -0.39 is 5.97 Å². The fourth-order valence-electron chi connectivity index (χ4n) is 1.33. The summed E-state index contributed by atoms with van der Waals surface area (Å²) in [5.41, 5.74) is 0.436. The third kappa shape index (κ3) is 3.03. The van der Waals surface area contributed by atoms with Gasteiger partial charge in [-0.05, 0) is 18.1 Å². The Labute approximate surface area is 99.1 Å². The second kappa shape index (κ2) is 5.07. The smallest absolute Gasteiger partial charge is 0.305 e. The number of carboxylic acids is 1. The first-order valence-electron chi connectivity index (χ1n) is 4.98. The lowest BCUT2D eigenvalue weighted by Crippen LogP contribution is -2.32. The molecule has 0 unspecified atom stereocenters. The monoisotopic (exact) mass is 242 g/mol. The lowest BCUT2D eigenvalue weighted by Gasteiger charge is -2.11. The number of allylic oxidation sites excluding steroid dienone is 1. The van der Waals surface area contributed by atoms with Crippen LogP contribution in [-0.2, 0) is 9.59 Å². The number of thiocarbonyl (C=S) groups is 1. The summed E-state index contributed by atoms with van der Waals surface area (Å²) in [7, 11) is 0. The van der Waals surface area contributed by atoms with E-state index in [-0.39, 0.29) is 29.9 Å². The SMILES string of the molecule is CC(C)/C=C1\NC(=S)N(CCC(=O)O)C1=O. The Morgan fingerprint density at radius 2 is 2.25 bits per heavy atom. The van der Waals surface area contributed by atoms with Gasteiger partial charge >= 0.3 is 5.97 Å². The zero-order valence-corrected chi connectivity index (χ0v) is 10.0. The van der Waals surface area contributed by atoms with E-state index in [4.69, 9.17) is 17.3 Å². The molecule has 16 heavy (non-hydrogen) atoms. The minimum absolute atomic E-state index is 0.107. The molecule has 0 atom stereocenters. The van der Waals surface area contributed by atoms with E-state index in [1.165, 1.54) is 4.90 Å². The number of carbonyl (C=O) groups excluding carboxylic acids is 1. The van der Waals surface area contributed by atoms with Crippen molar-refractivity contribution in [3.8, 4) is 0 Å². The van der Waals surface area contributed by atoms with Crippen LogP contribution >= 0.6 is 12.2 Å². The Kier molecular flexibility index (Phi) is 4.00. The molecule has 1 saturated heterocycles. The molecular weight excluding hydrogens is 228 g/mol. The zero-order valence-electron chi connectivity index (χ0n) is 9.19. The van der Waals surface area contributed by atoms with Gasteiger partial charge in [0, 0.05) is 6.54 Å². The molecule has 1 aliphatic heterocycles. The third-order valence-corrected chi connectivity index (χ3v) is 2.33. The number of aliphatic carboxylic acids is 1. The van der Waals surface area contributed by atoms with Gasteiger partial charge in [-0.2, -0.15) is 0 Å². The molecule has 6 heteroatoms. The van der Waals surface area contributed by atoms with Gasteiger partial charge in [-0.1, -0.05) is 19.9 Å². The molecule has 0 bridgehead atoms. The van der Waals surface area contributed by atoms with Gasteiger partial charge < -0.3 is 10.4 Å². The van der Waals surface area contributed by atoms with Crippen molar-refractivity contribution in [2.45, 2.75) is 20.3 Å². The Morgan fingerprint density at radius 1 is 1.62 bits per heavy atom. The number of carboxylic acid groups (broad SMARTS) is 1. The lowest BCUT2D eigenvalue weighted by atomic mass is 10.2. The van der Waals surface area contributed by atoms with Crippen LogP contribution in [0.25, 0.3) is 0 Å². The van der Waals surface area contributed by atoms with Crippen molar-refractivity contribution in [2.75, 3.05) is 6.54 Å². The molecule has 0 aliphatic carbocycles. The van der Waals surface area contributed by atoms with Crippen molar-refractivity contribution in [3.63, 3.8) is 0 Å². The van der Waals surface area contributed by atoms with E-state index in [0.717, 1.165) is 0 Å². The molecule has 0 aromatic heterocycles. The Morgan fingerprint density at radius 3 is 2.75 bits per heavy atom. The Balaban J connectivity index is 2.71. The van der Waals surface area contributed by atoms with Crippen LogP contribution in [0.2, 0.25) is 0 Å². The van der Waals surface area contributed by atoms with Gasteiger partial charge in [-0.25, -0.2) is 0 Å². The van der Waals surface area contributed by atoms with Crippen LogP contribution in [0.3, 0.4) is 0 Å². The highest BCUT2D eigenvalue weighted by Gasteiger charge is 2.30. The lowest BCUT2D eigenvalue weighted by molar-refractivity contribution is -0.137. The van der Waals surface area contributed by atoms with Crippen molar-refractivity contribution in [3.05, 3.63) is 11.8 Å². The molecule has 5 nitrogen and oxygen atoms in total. The maximum absolute atomic E-state index is 11.8. The van der Waals surface area contributed by atoms with Crippen LogP contribution in [0.4, 0.5) is 0 Å². The number of rotatable bonds is 4. The summed E-state index contributed by atoms with van der Waals surface area (Å²) >= 11 is 4.96. The summed E-state index contributed by atoms with van der Waals surface area (Å²) in [5, 5.41) is 11.6. The van der Waals surface area contributed by atoms with E-state index in [1.807, 2.05) is 13.8 Å². The fraction of sp³-hybridized carbons (Fsp3) is 0.500. The van der Waals surface area contributed by atoms with E-state index in [2.05, 4.69) is 5.32 Å². The average Bonchev–Trinajstić information content (AvgIpc) is 2.39. The summed E-state index contributed by atoms with van der Waals surface area (Å²) in [6.07, 6.45) is 1.66. The van der Waals surface area contributed by atoms with Crippen LogP contribution in [0, 0.1) is 5.92 Å². The standard InChI is InChI=1S/C10H14N2O3S/c1-6(2)5-7-9(15)12(10(16)11-7)4-3-8(13)14/h5-6H,3-4H2,1-2H3,(H,11,16)(H,13,14)/b7-5-. The van der Waals surface area contributed by atoms with Crippen LogP contribution in [0.15, 0.2) is 11.8 Å². The minimum Gasteiger partial charge on any atom is -0.481 e. The summed E-state index contributed by atoms with van der Waals surface area (Å²) < 4.78 is 0. The largest absolute Gasteiger partial charge is 0.481 e. The number of carbonyl (C=O) groups is 2. The van der Waals surface area contributed by atoms with Crippen LogP contribution in [0.5, 0.6) is 0 Å². The quantitative estimate of drug-likeness (QED) is 0.561. The summed E-state index contributed by atoms with van der Waals surface area (Å²) in [5.74, 6) is -0.967. The second-order valence-corrected chi connectivity index (χ2v) is 4.24. The average molecular weight is 242 g/mol. The molecule has 1 fully saturated rings. The highest BCUT2D eigenvalue weighted by molar-refractivity contribution is 7.80. The maximum Gasteiger partial charge on any atom is 0.305 e. The van der Waals surface area contributed by atoms with Gasteiger partial charge in [0.1, 0.15) is 5.70 Å². The summed E-state index contributed by atoms with van der Waals surface area (Å²) in [6, 6.07) is 0. The highest BCUT2D eigenvalue weighted by Crippen LogP contribution is 2.12. The first-order chi connectivity index (χ1) is 7.41. The molecule has 1 rings (SSSR count). The topological polar surface area (TPSA) is 69.6 Å². The van der Waals surface area contributed by atoms with Gasteiger partial charge in [0.05, 0.1) is 6.42 Å². The Bertz CT molecular complexity index is 363. The predicted molar refractivity (Wildman–Crippen MR) is 62.6 cm³/mol. The van der Waals surface area contributed by atoms with Crippen molar-refractivity contribution in [1.82, 2.24) is 10.2 Å². The van der Waals surface area contributed by atoms with Crippen molar-refractivity contribution < 1.29 is 14.7 Å². The summed E-state index contributed by atoms with van der Waals surface area (Å²) in [4.78, 5) is 23.5. The minimum atomic E-state index is -0.947. The highest BCUT2D eigenvalue weighted by atomic mass is 32.1. The normalized spacial score (nSPS) is 18.4. The number of nitrogens with one attached hydrogen (secondary N) is 1. The van der Waals surface area contributed by atoms with E-state index in [1.54, 1.807) is 6.08 Å². The number of hydrogen-bond acceptors (Lipinski definition) is 3. The first kappa shape index (κ1) is 12.6. The van der Waals surface area contributed by atoms with Crippen molar-refractivity contribution in [1.29, 1.82) is 0 Å². The number of nitrogens with zero attached hydrogens (tertiary/aromatic N) is 1. The maximum atomic E-state index is 11.8. The molecule has 0 spiro atoms.